The molecule has 8 N–H and O–H groups in total. The molecule has 0 radical (unpaired) electrons. The third-order valence-electron chi connectivity index (χ3n) is 6.26. The lowest BCUT2D eigenvalue weighted by atomic mass is 9.97. The molecule has 1 aromatic heterocycles. The molecule has 0 aliphatic carbocycles. The summed E-state index contributed by atoms with van der Waals surface area (Å²) in [6, 6.07) is -4.42. The summed E-state index contributed by atoms with van der Waals surface area (Å²) in [5.41, 5.74) is 5.93. The van der Waals surface area contributed by atoms with Gasteiger partial charge in [-0.15, -0.1) is 0 Å². The van der Waals surface area contributed by atoms with E-state index >= 15 is 0 Å². The minimum absolute atomic E-state index is 0.0426. The van der Waals surface area contributed by atoms with Gasteiger partial charge in [0, 0.05) is 30.8 Å². The summed E-state index contributed by atoms with van der Waals surface area (Å²) in [5, 5.41) is 17.1. The molecule has 1 heterocycles. The first-order valence-electron chi connectivity index (χ1n) is 13.5. The van der Waals surface area contributed by atoms with Crippen LogP contribution >= 0.6 is 7.82 Å². The van der Waals surface area contributed by atoms with E-state index < -0.39 is 62.3 Å². The molecular weight excluding hydrogens is 559 g/mol. The number of aliphatic hydroxyl groups is 1. The van der Waals surface area contributed by atoms with Crippen molar-refractivity contribution >= 4 is 31.5 Å². The number of phosphoric acid groups is 1. The Labute approximate surface area is 240 Å². The van der Waals surface area contributed by atoms with E-state index in [4.69, 9.17) is 15.5 Å². The summed E-state index contributed by atoms with van der Waals surface area (Å²) in [5.74, 6) is -3.13. The molecule has 4 amide bonds. The molecule has 0 saturated heterocycles. The Morgan fingerprint density at radius 1 is 0.976 bits per heavy atom. The highest BCUT2D eigenvalue weighted by molar-refractivity contribution is 7.46. The first-order chi connectivity index (χ1) is 18.9. The van der Waals surface area contributed by atoms with Gasteiger partial charge < -0.3 is 41.1 Å². The van der Waals surface area contributed by atoms with Crippen molar-refractivity contribution in [2.24, 2.45) is 23.5 Å². The first-order valence-corrected chi connectivity index (χ1v) is 15.0. The zero-order chi connectivity index (χ0) is 31.5. The second-order valence-corrected chi connectivity index (χ2v) is 12.2. The predicted octanol–water partition coefficient (Wildman–Crippen LogP) is -0.416. The van der Waals surface area contributed by atoms with Crippen molar-refractivity contribution in [3.63, 3.8) is 0 Å². The number of hydrogen-bond acceptors (Lipinski definition) is 8. The number of phosphoric ester groups is 1. The van der Waals surface area contributed by atoms with Gasteiger partial charge in [-0.3, -0.25) is 23.7 Å². The van der Waals surface area contributed by atoms with Crippen LogP contribution in [0, 0.1) is 17.8 Å². The highest BCUT2D eigenvalue weighted by atomic mass is 31.2. The number of hydrogen-bond donors (Lipinski definition) is 7. The molecule has 0 aliphatic heterocycles. The molecule has 0 fully saturated rings. The van der Waals surface area contributed by atoms with Crippen molar-refractivity contribution in [3.8, 4) is 0 Å². The molecule has 234 valence electrons. The fourth-order valence-corrected chi connectivity index (χ4v) is 4.64. The molecule has 0 saturated carbocycles. The van der Waals surface area contributed by atoms with E-state index in [1.807, 2.05) is 18.4 Å². The van der Waals surface area contributed by atoms with Crippen LogP contribution in [0.2, 0.25) is 0 Å². The van der Waals surface area contributed by atoms with Crippen LogP contribution in [0.4, 0.5) is 0 Å². The van der Waals surface area contributed by atoms with Crippen LogP contribution in [0.3, 0.4) is 0 Å². The normalized spacial score (nSPS) is 15.6. The zero-order valence-electron chi connectivity index (χ0n) is 24.4. The Hall–Kier alpha value is -2.84. The lowest BCUT2D eigenvalue weighted by molar-refractivity contribution is -0.135. The maximum atomic E-state index is 13.4. The lowest BCUT2D eigenvalue weighted by Gasteiger charge is -2.26. The van der Waals surface area contributed by atoms with Gasteiger partial charge in [0.1, 0.15) is 18.1 Å². The van der Waals surface area contributed by atoms with Crippen LogP contribution in [0.5, 0.6) is 0 Å². The number of aryl methyl sites for hydroxylation is 1. The van der Waals surface area contributed by atoms with Gasteiger partial charge in [0.25, 0.3) is 0 Å². The number of carbonyl (C=O) groups excluding carboxylic acids is 4. The second-order valence-electron chi connectivity index (χ2n) is 11.0. The summed E-state index contributed by atoms with van der Waals surface area (Å²) >= 11 is 0. The van der Waals surface area contributed by atoms with Gasteiger partial charge in [0.15, 0.2) is 0 Å². The molecule has 3 unspecified atom stereocenters. The molecule has 0 aliphatic rings. The van der Waals surface area contributed by atoms with Gasteiger partial charge in [-0.25, -0.2) is 9.55 Å². The van der Waals surface area contributed by atoms with Crippen molar-refractivity contribution < 1.29 is 43.2 Å². The molecule has 0 spiro atoms. The fraction of sp³-hybridized carbons (Fsp3) is 0.720. The monoisotopic (exact) mass is 604 g/mol. The molecule has 0 bridgehead atoms. The standard InChI is InChI=1S/C25H45N6O9P/c1-14(2)7-8-31-13-27-11-18(31)10-19(28-23(34)16(5)9-15(3)4)24(35)29-20(12-32)25(36)30-21(22(26)33)17(6)40-41(37,38)39/h11,13-17,19-21,32H,7-10,12H2,1-6H3,(H2,26,33)(H,28,34)(H,29,35)(H,30,36)(H2,37,38,39)/t16?,17?,19-,20?,21-/m0/s1. The van der Waals surface area contributed by atoms with E-state index in [9.17, 15) is 28.8 Å². The van der Waals surface area contributed by atoms with Crippen LogP contribution < -0.4 is 21.7 Å². The van der Waals surface area contributed by atoms with Gasteiger partial charge in [0.2, 0.25) is 23.6 Å². The summed E-state index contributed by atoms with van der Waals surface area (Å²) in [7, 11) is -5.02. The van der Waals surface area contributed by atoms with Crippen LogP contribution in [0.1, 0.15) is 60.1 Å². The minimum atomic E-state index is -5.02. The van der Waals surface area contributed by atoms with Crippen molar-refractivity contribution in [1.82, 2.24) is 25.5 Å². The summed E-state index contributed by atoms with van der Waals surface area (Å²) < 4.78 is 17.5. The number of imidazole rings is 1. The Morgan fingerprint density at radius 2 is 1.56 bits per heavy atom. The van der Waals surface area contributed by atoms with Crippen LogP contribution in [-0.4, -0.2) is 78.9 Å². The number of aromatic nitrogens is 2. The van der Waals surface area contributed by atoms with Crippen molar-refractivity contribution in [3.05, 3.63) is 18.2 Å². The third kappa shape index (κ3) is 13.1. The first kappa shape index (κ1) is 36.2. The summed E-state index contributed by atoms with van der Waals surface area (Å²) in [6.07, 6.45) is 3.16. The maximum Gasteiger partial charge on any atom is 0.469 e. The number of nitrogens with one attached hydrogen (secondary N) is 3. The van der Waals surface area contributed by atoms with E-state index in [0.717, 1.165) is 13.3 Å². The highest BCUT2D eigenvalue weighted by Crippen LogP contribution is 2.38. The minimum Gasteiger partial charge on any atom is -0.394 e. The van der Waals surface area contributed by atoms with Gasteiger partial charge >= 0.3 is 7.82 Å². The molecule has 41 heavy (non-hydrogen) atoms. The molecule has 15 nitrogen and oxygen atoms in total. The number of nitrogens with two attached hydrogens (primary N) is 1. The van der Waals surface area contributed by atoms with Gasteiger partial charge in [-0.05, 0) is 31.6 Å². The Bertz CT molecular complexity index is 1070. The van der Waals surface area contributed by atoms with Gasteiger partial charge in [-0.1, -0.05) is 34.6 Å². The van der Waals surface area contributed by atoms with E-state index in [1.165, 1.54) is 0 Å². The number of amides is 4. The number of nitrogens with zero attached hydrogens (tertiary/aromatic N) is 2. The number of aliphatic hydroxyl groups excluding tert-OH is 1. The van der Waals surface area contributed by atoms with Crippen molar-refractivity contribution in [1.29, 1.82) is 0 Å². The SMILES string of the molecule is CC(C)CCn1cncc1C[C@H](NC(=O)C(C)CC(C)C)C(=O)NC(CO)C(=O)N[C@H](C(N)=O)C(C)OP(=O)(O)O. The Kier molecular flexibility index (Phi) is 14.6. The average molecular weight is 605 g/mol. The number of primary amides is 1. The fourth-order valence-electron chi connectivity index (χ4n) is 4.08. The predicted molar refractivity (Wildman–Crippen MR) is 149 cm³/mol. The summed E-state index contributed by atoms with van der Waals surface area (Å²) in [4.78, 5) is 73.2. The molecule has 5 atom stereocenters. The van der Waals surface area contributed by atoms with Crippen molar-refractivity contribution in [2.75, 3.05) is 6.61 Å². The van der Waals surface area contributed by atoms with Crippen LogP contribution in [-0.2, 0) is 41.2 Å². The topological polar surface area (TPSA) is 235 Å². The maximum absolute atomic E-state index is 13.4. The van der Waals surface area contributed by atoms with Gasteiger partial charge in [0.05, 0.1) is 19.0 Å². The smallest absolute Gasteiger partial charge is 0.394 e. The van der Waals surface area contributed by atoms with E-state index in [1.54, 1.807) is 19.4 Å². The largest absolute Gasteiger partial charge is 0.469 e. The molecule has 1 rings (SSSR count). The molecule has 0 aromatic carbocycles. The van der Waals surface area contributed by atoms with Gasteiger partial charge in [-0.2, -0.15) is 0 Å². The van der Waals surface area contributed by atoms with E-state index in [2.05, 4.69) is 39.3 Å². The number of carbonyl (C=O) groups is 4. The third-order valence-corrected chi connectivity index (χ3v) is 6.86. The second kappa shape index (κ2) is 16.6. The zero-order valence-corrected chi connectivity index (χ0v) is 25.3. The average Bonchev–Trinajstić information content (AvgIpc) is 3.28. The quantitative estimate of drug-likeness (QED) is 0.107. The molecule has 1 aromatic rings. The van der Waals surface area contributed by atoms with E-state index in [-0.39, 0.29) is 18.2 Å². The summed E-state index contributed by atoms with van der Waals surface area (Å²) in [6.45, 7) is 10.7. The van der Waals surface area contributed by atoms with Crippen LogP contribution in [0.15, 0.2) is 12.5 Å². The van der Waals surface area contributed by atoms with E-state index in [0.29, 0.717) is 24.6 Å². The Balaban J connectivity index is 3.15. The molecular formula is C25H45N6O9P. The number of rotatable bonds is 18. The molecule has 16 heteroatoms. The Morgan fingerprint density at radius 3 is 2.07 bits per heavy atom. The highest BCUT2D eigenvalue weighted by Gasteiger charge is 2.34. The van der Waals surface area contributed by atoms with Crippen molar-refractivity contribution in [2.45, 2.75) is 91.6 Å². The van der Waals surface area contributed by atoms with Crippen LogP contribution in [0.25, 0.3) is 0 Å². The lowest BCUT2D eigenvalue weighted by Crippen LogP contribution is -2.60.